The number of anilines is 2. The molecule has 21 heavy (non-hydrogen) atoms. The van der Waals surface area contributed by atoms with Crippen molar-refractivity contribution in [3.63, 3.8) is 0 Å². The van der Waals surface area contributed by atoms with Crippen molar-refractivity contribution in [1.82, 2.24) is 9.97 Å². The molecule has 0 saturated heterocycles. The Balaban J connectivity index is 1.91. The van der Waals surface area contributed by atoms with Crippen LogP contribution in [0.5, 0.6) is 0 Å². The Morgan fingerprint density at radius 3 is 2.62 bits per heavy atom. The molecule has 1 saturated carbocycles. The molecule has 1 fully saturated rings. The number of nitrogens with one attached hydrogen (secondary N) is 2. The van der Waals surface area contributed by atoms with Gasteiger partial charge in [0.25, 0.3) is 0 Å². The van der Waals surface area contributed by atoms with Crippen molar-refractivity contribution < 1.29 is 0 Å². The van der Waals surface area contributed by atoms with Gasteiger partial charge in [0, 0.05) is 23.7 Å². The second-order valence-corrected chi connectivity index (χ2v) is 5.70. The van der Waals surface area contributed by atoms with Crippen LogP contribution in [0.25, 0.3) is 11.3 Å². The second kappa shape index (κ2) is 6.12. The van der Waals surface area contributed by atoms with Crippen molar-refractivity contribution in [2.75, 3.05) is 10.6 Å². The van der Waals surface area contributed by atoms with Gasteiger partial charge < -0.3 is 10.6 Å². The summed E-state index contributed by atoms with van der Waals surface area (Å²) >= 11 is 0. The second-order valence-electron chi connectivity index (χ2n) is 5.70. The first-order chi connectivity index (χ1) is 10.2. The third-order valence-electron chi connectivity index (χ3n) is 3.71. The van der Waals surface area contributed by atoms with E-state index in [2.05, 4.69) is 46.6 Å². The number of aromatic nitrogens is 2. The minimum atomic E-state index is 0.366. The predicted molar refractivity (Wildman–Crippen MR) is 87.5 cm³/mol. The monoisotopic (exact) mass is 282 g/mol. The van der Waals surface area contributed by atoms with Crippen LogP contribution in [0.15, 0.2) is 36.4 Å². The van der Waals surface area contributed by atoms with Gasteiger partial charge in [0.15, 0.2) is 0 Å². The Hall–Kier alpha value is -2.10. The van der Waals surface area contributed by atoms with E-state index in [0.29, 0.717) is 18.0 Å². The third-order valence-corrected chi connectivity index (χ3v) is 3.71. The summed E-state index contributed by atoms with van der Waals surface area (Å²) in [6.07, 6.45) is 3.52. The molecule has 110 valence electrons. The highest BCUT2D eigenvalue weighted by Crippen LogP contribution is 2.27. The number of hydrogen-bond acceptors (Lipinski definition) is 4. The molecule has 0 bridgehead atoms. The highest BCUT2D eigenvalue weighted by atomic mass is 15.2. The molecule has 1 atom stereocenters. The van der Waals surface area contributed by atoms with E-state index in [-0.39, 0.29) is 0 Å². The standard InChI is InChI=1S/C17H22N4/c1-3-12(2)18-17-20-15(13-7-5-4-6-8-13)11-16(21-17)19-14-9-10-14/h4-8,11-12,14H,3,9-10H2,1-2H3,(H2,18,19,20,21). The van der Waals surface area contributed by atoms with Crippen LogP contribution in [0.1, 0.15) is 33.1 Å². The lowest BCUT2D eigenvalue weighted by Crippen LogP contribution is -2.17. The molecule has 1 aromatic carbocycles. The molecule has 2 aromatic rings. The van der Waals surface area contributed by atoms with Gasteiger partial charge in [-0.15, -0.1) is 0 Å². The van der Waals surface area contributed by atoms with Gasteiger partial charge in [-0.25, -0.2) is 4.98 Å². The van der Waals surface area contributed by atoms with E-state index in [0.717, 1.165) is 23.5 Å². The highest BCUT2D eigenvalue weighted by molar-refractivity contribution is 5.64. The fourth-order valence-corrected chi connectivity index (χ4v) is 2.10. The van der Waals surface area contributed by atoms with Crippen LogP contribution in [0, 0.1) is 0 Å². The van der Waals surface area contributed by atoms with Gasteiger partial charge in [-0.2, -0.15) is 4.98 Å². The molecule has 0 amide bonds. The summed E-state index contributed by atoms with van der Waals surface area (Å²) in [4.78, 5) is 9.25. The summed E-state index contributed by atoms with van der Waals surface area (Å²) in [5, 5.41) is 6.84. The van der Waals surface area contributed by atoms with E-state index in [9.17, 15) is 0 Å². The van der Waals surface area contributed by atoms with E-state index in [1.54, 1.807) is 0 Å². The van der Waals surface area contributed by atoms with Crippen molar-refractivity contribution in [2.24, 2.45) is 0 Å². The molecular formula is C17H22N4. The molecule has 1 unspecified atom stereocenters. The first-order valence-electron chi connectivity index (χ1n) is 7.72. The lowest BCUT2D eigenvalue weighted by atomic mass is 10.1. The molecule has 4 heteroatoms. The summed E-state index contributed by atoms with van der Waals surface area (Å²) in [6, 6.07) is 13.2. The molecule has 1 aromatic heterocycles. The number of hydrogen-bond donors (Lipinski definition) is 2. The summed E-state index contributed by atoms with van der Waals surface area (Å²) in [5.41, 5.74) is 2.07. The average molecular weight is 282 g/mol. The van der Waals surface area contributed by atoms with Crippen LogP contribution in [0.4, 0.5) is 11.8 Å². The Labute approximate surface area is 126 Å². The van der Waals surface area contributed by atoms with E-state index < -0.39 is 0 Å². The van der Waals surface area contributed by atoms with Crippen LogP contribution >= 0.6 is 0 Å². The maximum Gasteiger partial charge on any atom is 0.225 e. The van der Waals surface area contributed by atoms with Gasteiger partial charge in [0.05, 0.1) is 5.69 Å². The predicted octanol–water partition coefficient (Wildman–Crippen LogP) is 3.93. The SMILES string of the molecule is CCC(C)Nc1nc(NC2CC2)cc(-c2ccccc2)n1. The minimum absolute atomic E-state index is 0.366. The van der Waals surface area contributed by atoms with Crippen LogP contribution in [0.2, 0.25) is 0 Å². The van der Waals surface area contributed by atoms with Crippen molar-refractivity contribution in [3.05, 3.63) is 36.4 Å². The first kappa shape index (κ1) is 13.9. The molecule has 0 radical (unpaired) electrons. The molecule has 2 N–H and O–H groups in total. The van der Waals surface area contributed by atoms with Gasteiger partial charge in [-0.05, 0) is 26.2 Å². The molecule has 1 aliphatic rings. The lowest BCUT2D eigenvalue weighted by Gasteiger charge is -2.14. The lowest BCUT2D eigenvalue weighted by molar-refractivity contribution is 0.753. The molecule has 0 aliphatic heterocycles. The molecule has 0 spiro atoms. The van der Waals surface area contributed by atoms with Crippen LogP contribution in [0.3, 0.4) is 0 Å². The number of rotatable bonds is 6. The van der Waals surface area contributed by atoms with Crippen molar-refractivity contribution in [1.29, 1.82) is 0 Å². The highest BCUT2D eigenvalue weighted by Gasteiger charge is 2.22. The zero-order valence-electron chi connectivity index (χ0n) is 12.6. The van der Waals surface area contributed by atoms with Crippen LogP contribution in [-0.2, 0) is 0 Å². The maximum absolute atomic E-state index is 4.66. The summed E-state index contributed by atoms with van der Waals surface area (Å²) in [7, 11) is 0. The Bertz CT molecular complexity index is 593. The summed E-state index contributed by atoms with van der Waals surface area (Å²) < 4.78 is 0. The van der Waals surface area contributed by atoms with E-state index >= 15 is 0 Å². The van der Waals surface area contributed by atoms with Gasteiger partial charge in [0.1, 0.15) is 5.82 Å². The number of nitrogens with zero attached hydrogens (tertiary/aromatic N) is 2. The van der Waals surface area contributed by atoms with Crippen molar-refractivity contribution in [2.45, 2.75) is 45.2 Å². The molecule has 3 rings (SSSR count). The normalized spacial score (nSPS) is 15.5. The topological polar surface area (TPSA) is 49.8 Å². The smallest absolute Gasteiger partial charge is 0.225 e. The largest absolute Gasteiger partial charge is 0.367 e. The van der Waals surface area contributed by atoms with E-state index in [4.69, 9.17) is 0 Å². The maximum atomic E-state index is 4.66. The molecule has 1 aliphatic carbocycles. The Morgan fingerprint density at radius 1 is 1.19 bits per heavy atom. The van der Waals surface area contributed by atoms with Gasteiger partial charge in [0.2, 0.25) is 5.95 Å². The molecular weight excluding hydrogens is 260 g/mol. The van der Waals surface area contributed by atoms with Crippen LogP contribution < -0.4 is 10.6 Å². The fourth-order valence-electron chi connectivity index (χ4n) is 2.10. The molecule has 1 heterocycles. The average Bonchev–Trinajstić information content (AvgIpc) is 3.31. The van der Waals surface area contributed by atoms with E-state index in [1.807, 2.05) is 24.3 Å². The van der Waals surface area contributed by atoms with Crippen molar-refractivity contribution in [3.8, 4) is 11.3 Å². The van der Waals surface area contributed by atoms with Gasteiger partial charge in [-0.1, -0.05) is 37.3 Å². The Kier molecular flexibility index (Phi) is 4.04. The van der Waals surface area contributed by atoms with Gasteiger partial charge >= 0.3 is 0 Å². The summed E-state index contributed by atoms with van der Waals surface area (Å²) in [5.74, 6) is 1.62. The quantitative estimate of drug-likeness (QED) is 0.843. The zero-order chi connectivity index (χ0) is 14.7. The molecule has 4 nitrogen and oxygen atoms in total. The third kappa shape index (κ3) is 3.72. The summed E-state index contributed by atoms with van der Waals surface area (Å²) in [6.45, 7) is 4.30. The Morgan fingerprint density at radius 2 is 1.95 bits per heavy atom. The minimum Gasteiger partial charge on any atom is -0.367 e. The van der Waals surface area contributed by atoms with Crippen molar-refractivity contribution >= 4 is 11.8 Å². The van der Waals surface area contributed by atoms with E-state index in [1.165, 1.54) is 12.8 Å². The number of benzene rings is 1. The van der Waals surface area contributed by atoms with Gasteiger partial charge in [-0.3, -0.25) is 0 Å². The zero-order valence-corrected chi connectivity index (χ0v) is 12.6. The fraction of sp³-hybridized carbons (Fsp3) is 0.412. The van der Waals surface area contributed by atoms with Crippen LogP contribution in [-0.4, -0.2) is 22.1 Å². The first-order valence-corrected chi connectivity index (χ1v) is 7.72.